The van der Waals surface area contributed by atoms with Crippen LogP contribution in [0.2, 0.25) is 0 Å². The predicted octanol–water partition coefficient (Wildman–Crippen LogP) is 5.29. The van der Waals surface area contributed by atoms with Crippen molar-refractivity contribution in [1.82, 2.24) is 4.90 Å². The van der Waals surface area contributed by atoms with E-state index in [1.807, 2.05) is 6.07 Å². The third-order valence-electron chi connectivity index (χ3n) is 7.42. The van der Waals surface area contributed by atoms with Gasteiger partial charge in [0.15, 0.2) is 15.9 Å². The molecule has 2 aliphatic heterocycles. The van der Waals surface area contributed by atoms with Gasteiger partial charge in [0.25, 0.3) is 0 Å². The van der Waals surface area contributed by atoms with Crippen molar-refractivity contribution in [3.05, 3.63) is 46.8 Å². The van der Waals surface area contributed by atoms with Gasteiger partial charge in [-0.1, -0.05) is 24.0 Å². The van der Waals surface area contributed by atoms with E-state index in [0.29, 0.717) is 28.2 Å². The smallest absolute Gasteiger partial charge is 0.495 e. The van der Waals surface area contributed by atoms with E-state index in [4.69, 9.17) is 14.2 Å². The van der Waals surface area contributed by atoms with Gasteiger partial charge in [0, 0.05) is 38.0 Å². The van der Waals surface area contributed by atoms with Crippen molar-refractivity contribution in [2.45, 2.75) is 42.5 Å². The number of ether oxygens (including phenoxy) is 3. The van der Waals surface area contributed by atoms with Gasteiger partial charge in [-0.05, 0) is 42.0 Å². The van der Waals surface area contributed by atoms with Crippen LogP contribution in [0.5, 0.6) is 5.75 Å². The highest BCUT2D eigenvalue weighted by atomic mass is 32.2. The number of benzene rings is 2. The monoisotopic (exact) mass is 651 g/mol. The highest BCUT2D eigenvalue weighted by molar-refractivity contribution is 7.90. The maximum atomic E-state index is 13.6. The average molecular weight is 652 g/mol. The number of hydrogen-bond acceptors (Lipinski definition) is 10. The van der Waals surface area contributed by atoms with Crippen molar-refractivity contribution in [3.63, 3.8) is 0 Å². The van der Waals surface area contributed by atoms with Crippen LogP contribution in [0.25, 0.3) is 10.1 Å². The van der Waals surface area contributed by atoms with Crippen molar-refractivity contribution < 1.29 is 40.6 Å². The van der Waals surface area contributed by atoms with Gasteiger partial charge < -0.3 is 24.8 Å². The number of halogens is 3. The lowest BCUT2D eigenvalue weighted by molar-refractivity contribution is -0.126. The lowest BCUT2D eigenvalue weighted by atomic mass is 10.0. The fraction of sp³-hybridized carbons (Fsp3) is 0.433. The third kappa shape index (κ3) is 7.88. The third-order valence-corrected chi connectivity index (χ3v) is 9.73. The molecule has 1 aromatic heterocycles. The van der Waals surface area contributed by atoms with E-state index in [1.54, 1.807) is 18.2 Å². The Morgan fingerprint density at radius 3 is 2.59 bits per heavy atom. The van der Waals surface area contributed by atoms with Crippen LogP contribution in [-0.2, 0) is 25.7 Å². The van der Waals surface area contributed by atoms with Crippen molar-refractivity contribution >= 4 is 48.8 Å². The number of likely N-dealkylation sites (tertiary alicyclic amines) is 1. The number of anilines is 2. The molecule has 14 heteroatoms. The normalized spacial score (nSPS) is 17.9. The number of thiophene rings is 1. The Hall–Kier alpha value is -3.67. The van der Waals surface area contributed by atoms with Gasteiger partial charge in [0.1, 0.15) is 12.4 Å². The summed E-state index contributed by atoms with van der Waals surface area (Å²) in [6.07, 6.45) is -3.66. The Kier molecular flexibility index (Phi) is 9.48. The average Bonchev–Trinajstić information content (AvgIpc) is 3.53. The molecule has 1 atom stereocenters. The molecule has 0 aliphatic carbocycles. The summed E-state index contributed by atoms with van der Waals surface area (Å²) < 4.78 is 80.6. The first-order valence-electron chi connectivity index (χ1n) is 13.9. The lowest BCUT2D eigenvalue weighted by Gasteiger charge is -2.33. The van der Waals surface area contributed by atoms with Gasteiger partial charge in [0.05, 0.1) is 45.9 Å². The highest BCUT2D eigenvalue weighted by Gasteiger charge is 2.32. The van der Waals surface area contributed by atoms with Crippen LogP contribution in [0.1, 0.15) is 23.3 Å². The fourth-order valence-electron chi connectivity index (χ4n) is 5.30. The maximum absolute atomic E-state index is 13.6. The summed E-state index contributed by atoms with van der Waals surface area (Å²) in [5.74, 6) is 6.16. The van der Waals surface area contributed by atoms with Crippen molar-refractivity contribution in [3.8, 4) is 17.6 Å². The number of cyclic esters (lactones) is 2. The molecule has 5 rings (SSSR count). The van der Waals surface area contributed by atoms with Crippen LogP contribution in [0.4, 0.5) is 29.3 Å². The maximum Gasteiger partial charge on any atom is 0.508 e. The molecule has 2 aromatic carbocycles. The van der Waals surface area contributed by atoms with E-state index < -0.39 is 28.6 Å². The molecule has 2 saturated heterocycles. The van der Waals surface area contributed by atoms with Gasteiger partial charge in [-0.15, -0.1) is 11.3 Å². The number of rotatable bonds is 9. The van der Waals surface area contributed by atoms with E-state index in [-0.39, 0.29) is 35.8 Å². The molecule has 0 amide bonds. The van der Waals surface area contributed by atoms with E-state index >= 15 is 0 Å². The molecule has 0 bridgehead atoms. The molecule has 1 unspecified atom stereocenters. The molecular weight excluding hydrogens is 619 g/mol. The second-order valence-corrected chi connectivity index (χ2v) is 13.7. The second-order valence-electron chi connectivity index (χ2n) is 10.7. The number of methoxy groups -OCH3 is 1. The predicted molar refractivity (Wildman–Crippen MR) is 162 cm³/mol. The molecule has 0 radical (unpaired) electrons. The topological polar surface area (TPSA) is 106 Å². The van der Waals surface area contributed by atoms with Crippen molar-refractivity contribution in [2.75, 3.05) is 56.8 Å². The Bertz CT molecular complexity index is 1690. The minimum Gasteiger partial charge on any atom is -0.495 e. The molecule has 9 nitrogen and oxygen atoms in total. The van der Waals surface area contributed by atoms with Crippen LogP contribution in [0.3, 0.4) is 0 Å². The summed E-state index contributed by atoms with van der Waals surface area (Å²) in [5, 5.41) is 7.11. The Labute approximate surface area is 257 Å². The zero-order valence-electron chi connectivity index (χ0n) is 24.1. The van der Waals surface area contributed by atoms with Crippen LogP contribution in [-0.4, -0.2) is 83.9 Å². The molecule has 3 aromatic rings. The summed E-state index contributed by atoms with van der Waals surface area (Å²) in [6.45, 7) is 2.54. The number of piperidine rings is 1. The molecule has 0 saturated carbocycles. The highest BCUT2D eigenvalue weighted by Crippen LogP contribution is 2.39. The minimum absolute atomic E-state index is 0.101. The number of carbonyl (C=O) groups excluding carboxylic acids is 1. The van der Waals surface area contributed by atoms with E-state index in [1.165, 1.54) is 30.6 Å². The van der Waals surface area contributed by atoms with Crippen LogP contribution in [0, 0.1) is 11.8 Å². The zero-order valence-corrected chi connectivity index (χ0v) is 25.8. The van der Waals surface area contributed by atoms with E-state index in [2.05, 4.69) is 27.4 Å². The summed E-state index contributed by atoms with van der Waals surface area (Å²) in [4.78, 5) is 13.9. The molecular formula is C30H32F3N3O6S2. The number of nitrogens with one attached hydrogen (secondary N) is 2. The Morgan fingerprint density at radius 2 is 1.93 bits per heavy atom. The van der Waals surface area contributed by atoms with E-state index in [0.717, 1.165) is 42.6 Å². The fourth-order valence-corrected chi connectivity index (χ4v) is 7.10. The number of hydrogen-bond donors (Lipinski definition) is 2. The number of nitrogens with zero attached hydrogens (tertiary/aromatic N) is 1. The van der Waals surface area contributed by atoms with Crippen molar-refractivity contribution in [1.29, 1.82) is 0 Å². The summed E-state index contributed by atoms with van der Waals surface area (Å²) in [5.41, 5.74) is 1.43. The van der Waals surface area contributed by atoms with E-state index in [9.17, 15) is 26.4 Å². The van der Waals surface area contributed by atoms with Crippen LogP contribution < -0.4 is 15.4 Å². The molecule has 0 spiro atoms. The number of fused-ring (bicyclic) bond motifs is 1. The Balaban J connectivity index is 1.30. The zero-order chi connectivity index (χ0) is 31.5. The van der Waals surface area contributed by atoms with Crippen molar-refractivity contribution in [2.24, 2.45) is 0 Å². The molecule has 2 N–H and O–H groups in total. The van der Waals surface area contributed by atoms with Gasteiger partial charge >= 0.3 is 12.3 Å². The number of carbonyl (C=O) groups is 1. The summed E-state index contributed by atoms with van der Waals surface area (Å²) in [6, 6.07) is 9.87. The first kappa shape index (κ1) is 31.7. The second kappa shape index (κ2) is 13.1. The SMILES string of the molecule is COc1cc(S(C)(=O)=O)ccc1NCC#Cc1sc2c(NC3CCN(CC4COC(=O)O4)CC3)cccc2c1CC(F)(F)F. The van der Waals surface area contributed by atoms with Gasteiger partial charge in [-0.3, -0.25) is 4.90 Å². The van der Waals surface area contributed by atoms with Crippen LogP contribution >= 0.6 is 11.3 Å². The first-order chi connectivity index (χ1) is 20.9. The summed E-state index contributed by atoms with van der Waals surface area (Å²) >= 11 is 1.23. The molecule has 3 heterocycles. The molecule has 2 aliphatic rings. The molecule has 44 heavy (non-hydrogen) atoms. The number of alkyl halides is 3. The number of sulfone groups is 1. The van der Waals surface area contributed by atoms with Crippen LogP contribution in [0.15, 0.2) is 41.3 Å². The minimum atomic E-state index is -4.41. The first-order valence-corrected chi connectivity index (χ1v) is 16.6. The molecule has 2 fully saturated rings. The largest absolute Gasteiger partial charge is 0.508 e. The summed E-state index contributed by atoms with van der Waals surface area (Å²) in [7, 11) is -2.01. The lowest BCUT2D eigenvalue weighted by Crippen LogP contribution is -2.43. The van der Waals surface area contributed by atoms with Gasteiger partial charge in [0.2, 0.25) is 0 Å². The quantitative estimate of drug-likeness (QED) is 0.236. The van der Waals surface area contributed by atoms with Gasteiger partial charge in [-0.2, -0.15) is 13.2 Å². The Morgan fingerprint density at radius 1 is 1.16 bits per heavy atom. The van der Waals surface area contributed by atoms with Gasteiger partial charge in [-0.25, -0.2) is 13.2 Å². The molecule has 236 valence electrons. The standard InChI is InChI=1S/C30H32F3N3O6S2/c1-40-26-15-21(44(2,38)39)8-9-24(26)34-12-4-7-27-23(16-30(31,32)33)22-5-3-6-25(28(22)43-27)35-19-10-13-36(14-11-19)17-20-18-41-29(37)42-20/h3,5-6,8-9,15,19-20,34-35H,10-14,16-18H2,1-2H3.